The number of hydrogen-bond acceptors (Lipinski definition) is 6. The highest BCUT2D eigenvalue weighted by Crippen LogP contribution is 2.31. The maximum Gasteiger partial charge on any atom is 0.314 e. The highest BCUT2D eigenvalue weighted by Gasteiger charge is 2.39. The summed E-state index contributed by atoms with van der Waals surface area (Å²) < 4.78 is 32.6. The average molecular weight is 507 g/mol. The Bertz CT molecular complexity index is 1380. The SMILES string of the molecule is O=C(C1CN(C2CCCCC2)C1)N(Cc1cn2ccc(-c3nnc(C(F)F)o3)cc2n1)c1ccccc1. The summed E-state index contributed by atoms with van der Waals surface area (Å²) in [6, 6.07) is 13.7. The number of fused-ring (bicyclic) bond motifs is 1. The number of para-hydroxylation sites is 1. The molecule has 37 heavy (non-hydrogen) atoms. The third-order valence-corrected chi connectivity index (χ3v) is 7.39. The highest BCUT2D eigenvalue weighted by molar-refractivity contribution is 5.95. The molecule has 0 unspecified atom stereocenters. The van der Waals surface area contributed by atoms with Crippen molar-refractivity contribution in [3.05, 3.63) is 66.4 Å². The molecular weight excluding hydrogens is 478 g/mol. The largest absolute Gasteiger partial charge is 0.415 e. The van der Waals surface area contributed by atoms with Gasteiger partial charge in [0, 0.05) is 42.8 Å². The van der Waals surface area contributed by atoms with Crippen molar-refractivity contribution in [2.75, 3.05) is 18.0 Å². The molecule has 2 aliphatic rings. The van der Waals surface area contributed by atoms with Crippen molar-refractivity contribution < 1.29 is 18.0 Å². The van der Waals surface area contributed by atoms with E-state index < -0.39 is 12.3 Å². The smallest absolute Gasteiger partial charge is 0.314 e. The van der Waals surface area contributed by atoms with Gasteiger partial charge in [-0.3, -0.25) is 9.69 Å². The number of hydrogen-bond donors (Lipinski definition) is 0. The minimum absolute atomic E-state index is 0.0101. The Morgan fingerprint density at radius 3 is 2.59 bits per heavy atom. The zero-order valence-electron chi connectivity index (χ0n) is 20.3. The first kappa shape index (κ1) is 23.7. The molecule has 6 rings (SSSR count). The Hall–Kier alpha value is -3.66. The lowest BCUT2D eigenvalue weighted by Crippen LogP contribution is -2.58. The molecule has 1 amide bonds. The number of likely N-dealkylation sites (tertiary alicyclic amines) is 1. The van der Waals surface area contributed by atoms with Gasteiger partial charge in [-0.05, 0) is 37.1 Å². The van der Waals surface area contributed by atoms with Crippen LogP contribution in [0.25, 0.3) is 17.1 Å². The second-order valence-corrected chi connectivity index (χ2v) is 9.86. The fourth-order valence-corrected chi connectivity index (χ4v) is 5.38. The van der Waals surface area contributed by atoms with Crippen LogP contribution in [0.2, 0.25) is 0 Å². The van der Waals surface area contributed by atoms with Gasteiger partial charge in [0.25, 0.3) is 5.89 Å². The highest BCUT2D eigenvalue weighted by atomic mass is 19.3. The summed E-state index contributed by atoms with van der Waals surface area (Å²) in [4.78, 5) is 22.6. The lowest BCUT2D eigenvalue weighted by atomic mass is 9.88. The van der Waals surface area contributed by atoms with Gasteiger partial charge in [0.15, 0.2) is 0 Å². The minimum Gasteiger partial charge on any atom is -0.415 e. The van der Waals surface area contributed by atoms with Gasteiger partial charge in [0.2, 0.25) is 11.8 Å². The molecule has 1 aliphatic carbocycles. The van der Waals surface area contributed by atoms with Crippen LogP contribution in [0.15, 0.2) is 59.3 Å². The van der Waals surface area contributed by atoms with E-state index >= 15 is 0 Å². The second kappa shape index (κ2) is 10.0. The maximum absolute atomic E-state index is 13.6. The first-order valence-corrected chi connectivity index (χ1v) is 12.7. The van der Waals surface area contributed by atoms with E-state index in [-0.39, 0.29) is 17.7 Å². The number of amides is 1. The molecule has 1 saturated carbocycles. The number of rotatable bonds is 7. The summed E-state index contributed by atoms with van der Waals surface area (Å²) in [5.41, 5.74) is 2.65. The van der Waals surface area contributed by atoms with Gasteiger partial charge >= 0.3 is 6.43 Å². The monoisotopic (exact) mass is 506 g/mol. The van der Waals surface area contributed by atoms with E-state index in [1.165, 1.54) is 32.1 Å². The number of pyridine rings is 1. The number of anilines is 1. The normalized spacial score (nSPS) is 17.4. The van der Waals surface area contributed by atoms with Gasteiger partial charge < -0.3 is 13.7 Å². The standard InChI is InChI=1S/C27H28F2N6O2/c28-24(29)26-32-31-25(37-26)18-11-12-33-16-20(30-23(33)13-18)17-35(22-9-5-2-6-10-22)27(36)19-14-34(15-19)21-7-3-1-4-8-21/h2,5-6,9-13,16,19,21,24H,1,3-4,7-8,14-15,17H2. The van der Waals surface area contributed by atoms with Gasteiger partial charge in [-0.1, -0.05) is 37.5 Å². The zero-order chi connectivity index (χ0) is 25.4. The van der Waals surface area contributed by atoms with E-state index in [4.69, 9.17) is 9.40 Å². The fraction of sp³-hybridized carbons (Fsp3) is 0.407. The first-order chi connectivity index (χ1) is 18.0. The van der Waals surface area contributed by atoms with Crippen molar-refractivity contribution in [3.63, 3.8) is 0 Å². The molecule has 0 N–H and O–H groups in total. The Morgan fingerprint density at radius 1 is 1.08 bits per heavy atom. The van der Waals surface area contributed by atoms with Gasteiger partial charge in [-0.15, -0.1) is 10.2 Å². The number of carbonyl (C=O) groups is 1. The molecule has 1 aromatic carbocycles. The number of carbonyl (C=O) groups excluding carboxylic acids is 1. The molecule has 0 atom stereocenters. The van der Waals surface area contributed by atoms with Gasteiger partial charge in [0.05, 0.1) is 18.2 Å². The Balaban J connectivity index is 1.21. The number of nitrogens with zero attached hydrogens (tertiary/aromatic N) is 6. The number of benzene rings is 1. The van der Waals surface area contributed by atoms with E-state index in [1.54, 1.807) is 18.3 Å². The maximum atomic E-state index is 13.6. The van der Waals surface area contributed by atoms with Crippen LogP contribution < -0.4 is 4.90 Å². The van der Waals surface area contributed by atoms with Crippen LogP contribution in [0.4, 0.5) is 14.5 Å². The minimum atomic E-state index is -2.82. The molecule has 192 valence electrons. The van der Waals surface area contributed by atoms with Crippen LogP contribution in [-0.4, -0.2) is 49.5 Å². The zero-order valence-corrected chi connectivity index (χ0v) is 20.3. The van der Waals surface area contributed by atoms with Crippen LogP contribution in [0, 0.1) is 5.92 Å². The van der Waals surface area contributed by atoms with Crippen LogP contribution in [0.1, 0.15) is 50.1 Å². The molecule has 1 aliphatic heterocycles. The van der Waals surface area contributed by atoms with Gasteiger partial charge in [-0.2, -0.15) is 8.78 Å². The number of alkyl halides is 2. The van der Waals surface area contributed by atoms with Crippen molar-refractivity contribution in [1.82, 2.24) is 24.5 Å². The number of aromatic nitrogens is 4. The average Bonchev–Trinajstić information content (AvgIpc) is 3.54. The van der Waals surface area contributed by atoms with Crippen LogP contribution in [-0.2, 0) is 11.3 Å². The summed E-state index contributed by atoms with van der Waals surface area (Å²) in [6.45, 7) is 1.95. The quantitative estimate of drug-likeness (QED) is 0.346. The summed E-state index contributed by atoms with van der Waals surface area (Å²) >= 11 is 0. The summed E-state index contributed by atoms with van der Waals surface area (Å²) in [6.07, 6.45) is 7.16. The lowest BCUT2D eigenvalue weighted by Gasteiger charge is -2.46. The molecule has 0 radical (unpaired) electrons. The fourth-order valence-electron chi connectivity index (χ4n) is 5.38. The van der Waals surface area contributed by atoms with Crippen molar-refractivity contribution in [1.29, 1.82) is 0 Å². The van der Waals surface area contributed by atoms with Crippen molar-refractivity contribution in [2.45, 2.75) is 51.1 Å². The molecule has 0 spiro atoms. The topological polar surface area (TPSA) is 79.8 Å². The lowest BCUT2D eigenvalue weighted by molar-refractivity contribution is -0.129. The Morgan fingerprint density at radius 2 is 1.86 bits per heavy atom. The van der Waals surface area contributed by atoms with Crippen molar-refractivity contribution in [2.24, 2.45) is 5.92 Å². The van der Waals surface area contributed by atoms with Crippen LogP contribution in [0.3, 0.4) is 0 Å². The van der Waals surface area contributed by atoms with E-state index in [9.17, 15) is 13.6 Å². The van der Waals surface area contributed by atoms with Crippen LogP contribution in [0.5, 0.6) is 0 Å². The second-order valence-electron chi connectivity index (χ2n) is 9.86. The summed E-state index contributed by atoms with van der Waals surface area (Å²) in [5.74, 6) is -0.612. The summed E-state index contributed by atoms with van der Waals surface area (Å²) in [5, 5.41) is 7.11. The van der Waals surface area contributed by atoms with Gasteiger partial charge in [0.1, 0.15) is 5.65 Å². The van der Waals surface area contributed by atoms with E-state index in [1.807, 2.05) is 45.8 Å². The third kappa shape index (κ3) is 4.85. The molecular formula is C27H28F2N6O2. The first-order valence-electron chi connectivity index (χ1n) is 12.7. The van der Waals surface area contributed by atoms with Crippen molar-refractivity contribution in [3.8, 4) is 11.5 Å². The van der Waals surface area contributed by atoms with E-state index in [2.05, 4.69) is 15.1 Å². The molecule has 8 nitrogen and oxygen atoms in total. The van der Waals surface area contributed by atoms with E-state index in [0.29, 0.717) is 23.8 Å². The molecule has 4 aromatic rings. The molecule has 10 heteroatoms. The number of imidazole rings is 1. The molecule has 4 heterocycles. The number of halogens is 2. The Labute approximate surface area is 212 Å². The van der Waals surface area contributed by atoms with Crippen molar-refractivity contribution >= 4 is 17.2 Å². The predicted molar refractivity (Wildman–Crippen MR) is 133 cm³/mol. The third-order valence-electron chi connectivity index (χ3n) is 7.39. The van der Waals surface area contributed by atoms with Crippen LogP contribution >= 0.6 is 0 Å². The molecule has 1 saturated heterocycles. The van der Waals surface area contributed by atoms with E-state index in [0.717, 1.165) is 24.5 Å². The molecule has 3 aromatic heterocycles. The summed E-state index contributed by atoms with van der Waals surface area (Å²) in [7, 11) is 0. The predicted octanol–water partition coefficient (Wildman–Crippen LogP) is 5.12. The molecule has 2 fully saturated rings. The molecule has 0 bridgehead atoms. The van der Waals surface area contributed by atoms with Gasteiger partial charge in [-0.25, -0.2) is 4.98 Å². The Kier molecular flexibility index (Phi) is 6.42.